The van der Waals surface area contributed by atoms with Crippen molar-refractivity contribution in [3.05, 3.63) is 131 Å². The summed E-state index contributed by atoms with van der Waals surface area (Å²) < 4.78 is 0. The molecule has 0 aliphatic heterocycles. The number of aromatic hydroxyl groups is 2. The minimum atomic E-state index is -0.0328. The molecule has 2 nitrogen and oxygen atoms in total. The second-order valence-corrected chi connectivity index (χ2v) is 9.08. The van der Waals surface area contributed by atoms with Gasteiger partial charge in [0.15, 0.2) is 0 Å². The normalized spacial score (nSPS) is 11.4. The first-order chi connectivity index (χ1) is 15.2. The third-order valence-corrected chi connectivity index (χ3v) is 6.17. The van der Waals surface area contributed by atoms with Gasteiger partial charge in [0.1, 0.15) is 11.5 Å². The molecule has 4 rings (SSSR count). The fraction of sp³-hybridized carbons (Fsp3) is 0.200. The van der Waals surface area contributed by atoms with Crippen LogP contribution in [-0.2, 0) is 10.8 Å². The summed E-state index contributed by atoms with van der Waals surface area (Å²) in [6, 6.07) is 35.6. The maximum atomic E-state index is 9.29. The molecule has 0 radical (unpaired) electrons. The van der Waals surface area contributed by atoms with Crippen LogP contribution in [0.4, 0.5) is 0 Å². The van der Waals surface area contributed by atoms with E-state index in [9.17, 15) is 10.2 Å². The first-order valence-corrected chi connectivity index (χ1v) is 10.9. The summed E-state index contributed by atoms with van der Waals surface area (Å²) in [4.78, 5) is 0. The van der Waals surface area contributed by atoms with Gasteiger partial charge in [-0.1, -0.05) is 113 Å². The van der Waals surface area contributed by atoms with E-state index in [-0.39, 0.29) is 10.8 Å². The monoisotopic (exact) mass is 424 g/mol. The highest BCUT2D eigenvalue weighted by Gasteiger charge is 2.23. The zero-order chi connectivity index (χ0) is 23.2. The van der Waals surface area contributed by atoms with Crippen LogP contribution in [-0.4, -0.2) is 10.2 Å². The first kappa shape index (κ1) is 23.1. The molecule has 2 heteroatoms. The van der Waals surface area contributed by atoms with Gasteiger partial charge in [-0.25, -0.2) is 0 Å². The fourth-order valence-corrected chi connectivity index (χ4v) is 3.80. The second-order valence-electron chi connectivity index (χ2n) is 9.08. The van der Waals surface area contributed by atoms with Crippen molar-refractivity contribution in [1.82, 2.24) is 0 Å². The maximum absolute atomic E-state index is 9.29. The molecule has 0 aliphatic rings. The van der Waals surface area contributed by atoms with Crippen molar-refractivity contribution in [2.45, 2.75) is 38.5 Å². The lowest BCUT2D eigenvalue weighted by Crippen LogP contribution is -2.18. The van der Waals surface area contributed by atoms with Gasteiger partial charge in [0.25, 0.3) is 0 Å². The molecule has 0 heterocycles. The Morgan fingerprint density at radius 1 is 0.375 bits per heavy atom. The second kappa shape index (κ2) is 9.74. The van der Waals surface area contributed by atoms with Crippen molar-refractivity contribution in [2.75, 3.05) is 0 Å². The van der Waals surface area contributed by atoms with Gasteiger partial charge in [0.2, 0.25) is 0 Å². The molecule has 0 aliphatic carbocycles. The predicted molar refractivity (Wildman–Crippen MR) is 133 cm³/mol. The minimum Gasteiger partial charge on any atom is -0.508 e. The zero-order valence-corrected chi connectivity index (χ0v) is 19.3. The van der Waals surface area contributed by atoms with Gasteiger partial charge in [-0.05, 0) is 46.5 Å². The quantitative estimate of drug-likeness (QED) is 0.357. The molecule has 4 aromatic carbocycles. The average molecular weight is 425 g/mol. The van der Waals surface area contributed by atoms with Crippen molar-refractivity contribution >= 4 is 0 Å². The lowest BCUT2D eigenvalue weighted by molar-refractivity contribution is 0.474. The highest BCUT2D eigenvalue weighted by molar-refractivity contribution is 5.40. The van der Waals surface area contributed by atoms with Gasteiger partial charge < -0.3 is 10.2 Å². The van der Waals surface area contributed by atoms with Crippen LogP contribution in [0.3, 0.4) is 0 Å². The van der Waals surface area contributed by atoms with E-state index in [1.807, 2.05) is 36.4 Å². The van der Waals surface area contributed by atoms with Gasteiger partial charge in [0.05, 0.1) is 0 Å². The Bertz CT molecular complexity index is 1000. The largest absolute Gasteiger partial charge is 0.508 e. The first-order valence-electron chi connectivity index (χ1n) is 10.9. The average Bonchev–Trinajstić information content (AvgIpc) is 2.81. The van der Waals surface area contributed by atoms with Crippen LogP contribution < -0.4 is 0 Å². The van der Waals surface area contributed by atoms with Crippen LogP contribution in [0.2, 0.25) is 0 Å². The number of benzene rings is 4. The number of hydrogen-bond donors (Lipinski definition) is 2. The lowest BCUT2D eigenvalue weighted by Gasteiger charge is -2.26. The van der Waals surface area contributed by atoms with Crippen molar-refractivity contribution < 1.29 is 10.2 Å². The van der Waals surface area contributed by atoms with Crippen LogP contribution in [0.15, 0.2) is 109 Å². The zero-order valence-electron chi connectivity index (χ0n) is 19.3. The van der Waals surface area contributed by atoms with E-state index in [0.717, 1.165) is 0 Å². The highest BCUT2D eigenvalue weighted by Crippen LogP contribution is 2.33. The molecule has 0 saturated heterocycles. The van der Waals surface area contributed by atoms with Crippen LogP contribution >= 0.6 is 0 Å². The van der Waals surface area contributed by atoms with E-state index < -0.39 is 0 Å². The molecule has 0 unspecified atom stereocenters. The fourth-order valence-electron chi connectivity index (χ4n) is 3.80. The minimum absolute atomic E-state index is 0.0328. The van der Waals surface area contributed by atoms with E-state index in [2.05, 4.69) is 76.2 Å². The van der Waals surface area contributed by atoms with E-state index >= 15 is 0 Å². The van der Waals surface area contributed by atoms with Gasteiger partial charge in [-0.15, -0.1) is 0 Å². The van der Waals surface area contributed by atoms with Gasteiger partial charge >= 0.3 is 0 Å². The van der Waals surface area contributed by atoms with E-state index in [1.165, 1.54) is 22.3 Å². The van der Waals surface area contributed by atoms with Crippen LogP contribution in [0.25, 0.3) is 0 Å². The summed E-state index contributed by atoms with van der Waals surface area (Å²) in [7, 11) is 0. The summed E-state index contributed by atoms with van der Waals surface area (Å²) in [5.41, 5.74) is 4.90. The Morgan fingerprint density at radius 2 is 0.625 bits per heavy atom. The Morgan fingerprint density at radius 3 is 0.906 bits per heavy atom. The van der Waals surface area contributed by atoms with Crippen molar-refractivity contribution in [3.63, 3.8) is 0 Å². The SMILES string of the molecule is CC(C)(c1ccccc1)c1ccc(O)cc1.CC(C)(c1ccccc1)c1ccc(O)cc1. The van der Waals surface area contributed by atoms with Gasteiger partial charge in [-0.2, -0.15) is 0 Å². The number of phenolic OH excluding ortho intramolecular Hbond substituents is 2. The molecule has 0 atom stereocenters. The van der Waals surface area contributed by atoms with Crippen molar-refractivity contribution in [3.8, 4) is 11.5 Å². The van der Waals surface area contributed by atoms with Crippen LogP contribution in [0.5, 0.6) is 11.5 Å². The number of rotatable bonds is 4. The van der Waals surface area contributed by atoms with Crippen LogP contribution in [0, 0.1) is 0 Å². The molecule has 0 fully saturated rings. The standard InChI is InChI=1S/2C15H16O/c2*1-15(2,12-6-4-3-5-7-12)13-8-10-14(16)11-9-13/h2*3-11,16H,1-2H3. The third-order valence-electron chi connectivity index (χ3n) is 6.17. The topological polar surface area (TPSA) is 40.5 Å². The third kappa shape index (κ3) is 5.39. The summed E-state index contributed by atoms with van der Waals surface area (Å²) >= 11 is 0. The number of hydrogen-bond acceptors (Lipinski definition) is 2. The molecule has 32 heavy (non-hydrogen) atoms. The molecule has 0 saturated carbocycles. The Kier molecular flexibility index (Phi) is 7.05. The molecular weight excluding hydrogens is 392 g/mol. The lowest BCUT2D eigenvalue weighted by atomic mass is 9.78. The van der Waals surface area contributed by atoms with Crippen molar-refractivity contribution in [1.29, 1.82) is 0 Å². The Balaban J connectivity index is 0.000000181. The Hall–Kier alpha value is -3.52. The molecule has 0 spiro atoms. The molecule has 0 amide bonds. The summed E-state index contributed by atoms with van der Waals surface area (Å²) in [6.07, 6.45) is 0. The summed E-state index contributed by atoms with van der Waals surface area (Å²) in [5, 5.41) is 18.6. The summed E-state index contributed by atoms with van der Waals surface area (Å²) in [6.45, 7) is 8.76. The van der Waals surface area contributed by atoms with Crippen molar-refractivity contribution in [2.24, 2.45) is 0 Å². The van der Waals surface area contributed by atoms with Gasteiger partial charge in [0, 0.05) is 10.8 Å². The van der Waals surface area contributed by atoms with E-state index in [4.69, 9.17) is 0 Å². The molecule has 0 aromatic heterocycles. The molecular formula is C30H32O2. The molecule has 164 valence electrons. The van der Waals surface area contributed by atoms with E-state index in [1.54, 1.807) is 24.3 Å². The molecule has 2 N–H and O–H groups in total. The Labute approximate surface area is 191 Å². The smallest absolute Gasteiger partial charge is 0.115 e. The molecule has 0 bridgehead atoms. The van der Waals surface area contributed by atoms with E-state index in [0.29, 0.717) is 11.5 Å². The summed E-state index contributed by atoms with van der Waals surface area (Å²) in [5.74, 6) is 0.625. The highest BCUT2D eigenvalue weighted by atomic mass is 16.3. The molecule has 4 aromatic rings. The van der Waals surface area contributed by atoms with Crippen LogP contribution in [0.1, 0.15) is 49.9 Å². The van der Waals surface area contributed by atoms with Gasteiger partial charge in [-0.3, -0.25) is 0 Å². The predicted octanol–water partition coefficient (Wildman–Crippen LogP) is 7.44. The maximum Gasteiger partial charge on any atom is 0.115 e. The number of phenols is 2.